The van der Waals surface area contributed by atoms with Gasteiger partial charge in [0.05, 0.1) is 12.1 Å². The fourth-order valence-electron chi connectivity index (χ4n) is 2.64. The summed E-state index contributed by atoms with van der Waals surface area (Å²) >= 11 is 0. The zero-order valence-corrected chi connectivity index (χ0v) is 12.9. The van der Waals surface area contributed by atoms with E-state index in [1.807, 2.05) is 0 Å². The van der Waals surface area contributed by atoms with Gasteiger partial charge in [0.2, 0.25) is 0 Å². The molecular formula is C15H26N2O2. The van der Waals surface area contributed by atoms with Crippen molar-refractivity contribution >= 4 is 11.8 Å². The van der Waals surface area contributed by atoms with E-state index in [-0.39, 0.29) is 29.7 Å². The molecule has 0 aromatic carbocycles. The average Bonchev–Trinajstić information content (AvgIpc) is 2.92. The Hall–Kier alpha value is -1.06. The molecule has 2 aliphatic rings. The van der Waals surface area contributed by atoms with Gasteiger partial charge in [0.1, 0.15) is 17.6 Å². The van der Waals surface area contributed by atoms with Gasteiger partial charge in [-0.2, -0.15) is 0 Å². The standard InChI is InChI=1S/C15H26N2O2/c1-7-11-9(3)18-13(16-11)15(5,6)14-17-12(8-2)10(4)19-14/h9-12H,7-8H2,1-6H3/t9-,10-,11-,12-/m1/s1. The summed E-state index contributed by atoms with van der Waals surface area (Å²) in [7, 11) is 0. The molecule has 108 valence electrons. The molecule has 2 rings (SSSR count). The maximum Gasteiger partial charge on any atom is 0.199 e. The van der Waals surface area contributed by atoms with Gasteiger partial charge >= 0.3 is 0 Å². The minimum Gasteiger partial charge on any atom is -0.475 e. The van der Waals surface area contributed by atoms with Gasteiger partial charge in [0.25, 0.3) is 0 Å². The molecule has 0 aromatic rings. The van der Waals surface area contributed by atoms with Crippen molar-refractivity contribution in [2.45, 2.75) is 78.7 Å². The van der Waals surface area contributed by atoms with Gasteiger partial charge in [-0.25, -0.2) is 9.98 Å². The zero-order valence-electron chi connectivity index (χ0n) is 12.9. The van der Waals surface area contributed by atoms with Crippen LogP contribution in [0.1, 0.15) is 54.4 Å². The fourth-order valence-corrected chi connectivity index (χ4v) is 2.64. The van der Waals surface area contributed by atoms with Gasteiger partial charge in [-0.1, -0.05) is 13.8 Å². The van der Waals surface area contributed by atoms with Gasteiger partial charge in [0.15, 0.2) is 11.8 Å². The Bertz CT molecular complexity index is 365. The first-order valence-electron chi connectivity index (χ1n) is 7.40. The highest BCUT2D eigenvalue weighted by molar-refractivity contribution is 6.05. The van der Waals surface area contributed by atoms with Crippen LogP contribution in [0.2, 0.25) is 0 Å². The van der Waals surface area contributed by atoms with Crippen LogP contribution in [0.4, 0.5) is 0 Å². The van der Waals surface area contributed by atoms with Crippen molar-refractivity contribution in [3.05, 3.63) is 0 Å². The van der Waals surface area contributed by atoms with Crippen LogP contribution >= 0.6 is 0 Å². The lowest BCUT2D eigenvalue weighted by molar-refractivity contribution is 0.175. The van der Waals surface area contributed by atoms with Crippen LogP contribution in [0.25, 0.3) is 0 Å². The number of hydrogen-bond donors (Lipinski definition) is 0. The van der Waals surface area contributed by atoms with Crippen LogP contribution < -0.4 is 0 Å². The van der Waals surface area contributed by atoms with Gasteiger partial charge in [0, 0.05) is 0 Å². The smallest absolute Gasteiger partial charge is 0.199 e. The molecule has 4 atom stereocenters. The van der Waals surface area contributed by atoms with Crippen molar-refractivity contribution in [1.29, 1.82) is 0 Å². The summed E-state index contributed by atoms with van der Waals surface area (Å²) in [6.07, 6.45) is 2.31. The predicted molar refractivity (Wildman–Crippen MR) is 77.9 cm³/mol. The Balaban J connectivity index is 2.20. The Labute approximate surface area is 116 Å². The Kier molecular flexibility index (Phi) is 3.88. The zero-order chi connectivity index (χ0) is 14.2. The molecule has 0 spiro atoms. The summed E-state index contributed by atoms with van der Waals surface area (Å²) in [5, 5.41) is 0. The lowest BCUT2D eigenvalue weighted by Gasteiger charge is -2.24. The van der Waals surface area contributed by atoms with E-state index in [1.165, 1.54) is 0 Å². The predicted octanol–water partition coefficient (Wildman–Crippen LogP) is 3.20. The topological polar surface area (TPSA) is 43.2 Å². The summed E-state index contributed by atoms with van der Waals surface area (Å²) in [5.74, 6) is 1.55. The molecule has 0 saturated carbocycles. The molecule has 2 aliphatic heterocycles. The van der Waals surface area contributed by atoms with Gasteiger partial charge in [-0.15, -0.1) is 0 Å². The van der Waals surface area contributed by atoms with E-state index in [1.54, 1.807) is 0 Å². The van der Waals surface area contributed by atoms with E-state index in [0.29, 0.717) is 0 Å². The van der Waals surface area contributed by atoms with E-state index in [9.17, 15) is 0 Å². The highest BCUT2D eigenvalue weighted by atomic mass is 16.5. The lowest BCUT2D eigenvalue weighted by Crippen LogP contribution is -2.35. The lowest BCUT2D eigenvalue weighted by atomic mass is 9.93. The SMILES string of the molecule is CC[C@H]1N=C(C(C)(C)C2=N[C@H](CC)[C@@H](C)O2)O[C@@H]1C. The molecule has 4 heteroatoms. The molecular weight excluding hydrogens is 240 g/mol. The Morgan fingerprint density at radius 3 is 1.53 bits per heavy atom. The maximum atomic E-state index is 5.94. The molecule has 2 heterocycles. The van der Waals surface area contributed by atoms with E-state index in [0.717, 1.165) is 24.6 Å². The molecule has 0 fully saturated rings. The van der Waals surface area contributed by atoms with Crippen LogP contribution in [0, 0.1) is 5.41 Å². The van der Waals surface area contributed by atoms with E-state index < -0.39 is 0 Å². The highest BCUT2D eigenvalue weighted by Gasteiger charge is 2.44. The second-order valence-corrected chi connectivity index (χ2v) is 6.09. The van der Waals surface area contributed by atoms with Crippen molar-refractivity contribution in [3.63, 3.8) is 0 Å². The quantitative estimate of drug-likeness (QED) is 0.784. The van der Waals surface area contributed by atoms with Gasteiger partial charge in [-0.3, -0.25) is 0 Å². The number of rotatable bonds is 4. The third-order valence-corrected chi connectivity index (χ3v) is 4.15. The molecule has 0 radical (unpaired) electrons. The van der Waals surface area contributed by atoms with Gasteiger partial charge < -0.3 is 9.47 Å². The Morgan fingerprint density at radius 2 is 1.26 bits per heavy atom. The van der Waals surface area contributed by atoms with Crippen molar-refractivity contribution < 1.29 is 9.47 Å². The van der Waals surface area contributed by atoms with Crippen molar-refractivity contribution in [2.24, 2.45) is 15.4 Å². The summed E-state index contributed by atoms with van der Waals surface area (Å²) < 4.78 is 11.9. The molecule has 4 nitrogen and oxygen atoms in total. The molecule has 0 unspecified atom stereocenters. The van der Waals surface area contributed by atoms with Crippen LogP contribution in [0.3, 0.4) is 0 Å². The first-order valence-corrected chi connectivity index (χ1v) is 7.40. The van der Waals surface area contributed by atoms with E-state index in [4.69, 9.17) is 19.5 Å². The maximum absolute atomic E-state index is 5.94. The monoisotopic (exact) mass is 266 g/mol. The molecule has 0 N–H and O–H groups in total. The van der Waals surface area contributed by atoms with Crippen LogP contribution in [0.15, 0.2) is 9.98 Å². The summed E-state index contributed by atoms with van der Waals surface area (Å²) in [4.78, 5) is 9.43. The van der Waals surface area contributed by atoms with Gasteiger partial charge in [-0.05, 0) is 40.5 Å². The second-order valence-electron chi connectivity index (χ2n) is 6.09. The van der Waals surface area contributed by atoms with Crippen LogP contribution in [-0.4, -0.2) is 36.1 Å². The molecule has 0 saturated heterocycles. The normalized spacial score (nSPS) is 34.6. The molecule has 0 aliphatic carbocycles. The third kappa shape index (κ3) is 2.49. The molecule has 19 heavy (non-hydrogen) atoms. The molecule has 0 amide bonds. The fraction of sp³-hybridized carbons (Fsp3) is 0.867. The summed E-state index contributed by atoms with van der Waals surface area (Å²) in [5.41, 5.74) is -0.365. The van der Waals surface area contributed by atoms with Crippen LogP contribution in [0.5, 0.6) is 0 Å². The average molecular weight is 266 g/mol. The number of aliphatic imine (C=N–C) groups is 2. The van der Waals surface area contributed by atoms with E-state index >= 15 is 0 Å². The minimum absolute atomic E-state index is 0.153. The summed E-state index contributed by atoms with van der Waals surface area (Å²) in [6, 6.07) is 0.520. The van der Waals surface area contributed by atoms with E-state index in [2.05, 4.69) is 41.5 Å². The molecule has 0 aromatic heterocycles. The largest absolute Gasteiger partial charge is 0.475 e. The minimum atomic E-state index is -0.365. The first kappa shape index (κ1) is 14.4. The third-order valence-electron chi connectivity index (χ3n) is 4.15. The second kappa shape index (κ2) is 5.14. The number of nitrogens with zero attached hydrogens (tertiary/aromatic N) is 2. The Morgan fingerprint density at radius 1 is 0.895 bits per heavy atom. The number of hydrogen-bond acceptors (Lipinski definition) is 4. The first-order chi connectivity index (χ1) is 8.90. The summed E-state index contributed by atoms with van der Waals surface area (Å²) in [6.45, 7) is 12.6. The molecule has 0 bridgehead atoms. The highest BCUT2D eigenvalue weighted by Crippen LogP contribution is 2.33. The van der Waals surface area contributed by atoms with Crippen LogP contribution in [-0.2, 0) is 9.47 Å². The van der Waals surface area contributed by atoms with Crippen molar-refractivity contribution in [3.8, 4) is 0 Å². The van der Waals surface area contributed by atoms with Crippen molar-refractivity contribution in [1.82, 2.24) is 0 Å². The van der Waals surface area contributed by atoms with Crippen molar-refractivity contribution in [2.75, 3.05) is 0 Å². The number of ether oxygens (including phenoxy) is 2.